The Hall–Kier alpha value is -5.42. The van der Waals surface area contributed by atoms with Gasteiger partial charge in [-0.05, 0) is 52.2 Å². The fraction of sp³-hybridized carbons (Fsp3) is 0. The van der Waals surface area contributed by atoms with Crippen LogP contribution in [0.15, 0.2) is 120 Å². The Kier molecular flexibility index (Phi) is 3.41. The first-order chi connectivity index (χ1) is 20.4. The van der Waals surface area contributed by atoms with Crippen molar-refractivity contribution in [2.75, 3.05) is 4.90 Å². The maximum atomic E-state index is 6.73. The lowest BCUT2D eigenvalue weighted by molar-refractivity contribution is 0.477. The highest BCUT2D eigenvalue weighted by Gasteiger charge is 2.46. The van der Waals surface area contributed by atoms with Crippen LogP contribution in [0.2, 0.25) is 0 Å². The van der Waals surface area contributed by atoms with E-state index in [0.717, 1.165) is 39.6 Å². The van der Waals surface area contributed by atoms with Crippen molar-refractivity contribution < 1.29 is 9.15 Å². The summed E-state index contributed by atoms with van der Waals surface area (Å²) >= 11 is 0. The molecule has 0 saturated heterocycles. The SMILES string of the molecule is c1ccc2c(c1)Oc1cccc3c1N2c1c2c(cc4ccccc14)-c1cccc4c5c6ccccc6oc5n(c14)B32. The number of hydrogen-bond donors (Lipinski definition) is 0. The maximum absolute atomic E-state index is 6.73. The smallest absolute Gasteiger partial charge is 0.336 e. The van der Waals surface area contributed by atoms with Crippen molar-refractivity contribution in [1.29, 1.82) is 0 Å². The summed E-state index contributed by atoms with van der Waals surface area (Å²) in [6, 6.07) is 41.2. The first kappa shape index (κ1) is 20.5. The number of ether oxygens (including phenoxy) is 1. The predicted octanol–water partition coefficient (Wildman–Crippen LogP) is 8.22. The van der Waals surface area contributed by atoms with Gasteiger partial charge in [-0.2, -0.15) is 0 Å². The van der Waals surface area contributed by atoms with Gasteiger partial charge < -0.3 is 18.5 Å². The predicted molar refractivity (Wildman–Crippen MR) is 167 cm³/mol. The van der Waals surface area contributed by atoms with Crippen LogP contribution in [-0.4, -0.2) is 11.3 Å². The number of rotatable bonds is 0. The molecule has 0 aliphatic carbocycles. The Bertz CT molecular complexity index is 2490. The van der Waals surface area contributed by atoms with E-state index in [9.17, 15) is 0 Å². The average molecular weight is 522 g/mol. The van der Waals surface area contributed by atoms with Crippen LogP contribution in [0.5, 0.6) is 11.5 Å². The van der Waals surface area contributed by atoms with Gasteiger partial charge in [0.25, 0.3) is 0 Å². The van der Waals surface area contributed by atoms with E-state index in [1.807, 2.05) is 6.07 Å². The summed E-state index contributed by atoms with van der Waals surface area (Å²) in [6.07, 6.45) is 0. The molecular weight excluding hydrogens is 503 g/mol. The van der Waals surface area contributed by atoms with E-state index in [4.69, 9.17) is 9.15 Å². The summed E-state index contributed by atoms with van der Waals surface area (Å²) in [5.74, 6) is 1.75. The van der Waals surface area contributed by atoms with E-state index in [2.05, 4.69) is 119 Å². The number of fused-ring (bicyclic) bond motifs is 13. The summed E-state index contributed by atoms with van der Waals surface area (Å²) in [5.41, 5.74) is 11.5. The zero-order valence-electron chi connectivity index (χ0n) is 21.8. The van der Waals surface area contributed by atoms with Crippen LogP contribution < -0.4 is 20.6 Å². The van der Waals surface area contributed by atoms with E-state index in [1.54, 1.807) is 0 Å². The van der Waals surface area contributed by atoms with Crippen molar-refractivity contribution in [3.8, 4) is 22.6 Å². The van der Waals surface area contributed by atoms with E-state index in [1.165, 1.54) is 54.8 Å². The number of hydrogen-bond acceptors (Lipinski definition) is 3. The number of anilines is 3. The molecule has 3 aliphatic heterocycles. The quantitative estimate of drug-likeness (QED) is 0.188. The number of para-hydroxylation sites is 5. The van der Waals surface area contributed by atoms with Crippen LogP contribution in [0.25, 0.3) is 54.9 Å². The van der Waals surface area contributed by atoms with Gasteiger partial charge in [0, 0.05) is 27.2 Å². The fourth-order valence-electron chi connectivity index (χ4n) is 7.82. The second kappa shape index (κ2) is 6.83. The Labute approximate surface area is 234 Å². The van der Waals surface area contributed by atoms with Crippen LogP contribution in [0.3, 0.4) is 0 Å². The monoisotopic (exact) mass is 522 g/mol. The van der Waals surface area contributed by atoms with Gasteiger partial charge in [-0.1, -0.05) is 84.9 Å². The van der Waals surface area contributed by atoms with Crippen LogP contribution in [0, 0.1) is 0 Å². The molecule has 188 valence electrons. The zero-order valence-corrected chi connectivity index (χ0v) is 21.8. The highest BCUT2D eigenvalue weighted by Crippen LogP contribution is 2.54. The minimum Gasteiger partial charge on any atom is -0.453 e. The van der Waals surface area contributed by atoms with Crippen molar-refractivity contribution in [1.82, 2.24) is 4.48 Å². The van der Waals surface area contributed by atoms with Crippen LogP contribution in [0.1, 0.15) is 0 Å². The van der Waals surface area contributed by atoms with Crippen molar-refractivity contribution in [2.24, 2.45) is 0 Å². The summed E-state index contributed by atoms with van der Waals surface area (Å²) in [4.78, 5) is 2.45. The molecule has 41 heavy (non-hydrogen) atoms. The molecule has 6 aromatic carbocycles. The summed E-state index contributed by atoms with van der Waals surface area (Å²) in [5, 5.41) is 6.04. The van der Waals surface area contributed by atoms with Gasteiger partial charge in [0.1, 0.15) is 5.58 Å². The van der Waals surface area contributed by atoms with E-state index >= 15 is 0 Å². The molecule has 0 atom stereocenters. The first-order valence-corrected chi connectivity index (χ1v) is 14.1. The summed E-state index contributed by atoms with van der Waals surface area (Å²) in [7, 11) is 0. The molecule has 0 amide bonds. The highest BCUT2D eigenvalue weighted by atomic mass is 16.5. The molecule has 0 N–H and O–H groups in total. The molecule has 2 aromatic heterocycles. The maximum Gasteiger partial charge on any atom is 0.336 e. The average Bonchev–Trinajstić information content (AvgIpc) is 3.55. The minimum atomic E-state index is -0.0693. The largest absolute Gasteiger partial charge is 0.453 e. The fourth-order valence-corrected chi connectivity index (χ4v) is 7.82. The number of nitrogens with zero attached hydrogens (tertiary/aromatic N) is 2. The second-order valence-electron chi connectivity index (χ2n) is 11.3. The minimum absolute atomic E-state index is 0.0693. The molecule has 8 aromatic rings. The molecule has 5 heteroatoms. The molecule has 11 rings (SSSR count). The summed E-state index contributed by atoms with van der Waals surface area (Å²) in [6.45, 7) is -0.0693. The lowest BCUT2D eigenvalue weighted by Gasteiger charge is -2.43. The molecule has 5 heterocycles. The molecule has 0 saturated carbocycles. The molecule has 0 spiro atoms. The van der Waals surface area contributed by atoms with Crippen LogP contribution in [0.4, 0.5) is 17.1 Å². The Morgan fingerprint density at radius 3 is 2.37 bits per heavy atom. The lowest BCUT2D eigenvalue weighted by atomic mass is 9.45. The summed E-state index contributed by atoms with van der Waals surface area (Å²) < 4.78 is 15.8. The van der Waals surface area contributed by atoms with Gasteiger partial charge in [0.15, 0.2) is 17.2 Å². The molecule has 0 fully saturated rings. The van der Waals surface area contributed by atoms with Gasteiger partial charge in [0.2, 0.25) is 0 Å². The van der Waals surface area contributed by atoms with Gasteiger partial charge in [-0.3, -0.25) is 0 Å². The third-order valence-corrected chi connectivity index (χ3v) is 9.32. The standard InChI is InChI=1S/C36H19BN2O2/c1-2-10-21-20(9-1)19-25-22-12-7-13-24-31-23-11-3-5-16-28(23)41-36(31)39(33(22)24)37-26-14-8-18-30-35(26)38(34(21)32(25)37)27-15-4-6-17-29(27)40-30/h1-19H. The molecular formula is C36H19BN2O2. The molecule has 0 unspecified atom stereocenters. The van der Waals surface area contributed by atoms with E-state index in [-0.39, 0.29) is 6.85 Å². The zero-order chi connectivity index (χ0) is 26.4. The van der Waals surface area contributed by atoms with Crippen LogP contribution >= 0.6 is 0 Å². The third-order valence-electron chi connectivity index (χ3n) is 9.32. The van der Waals surface area contributed by atoms with Crippen molar-refractivity contribution >= 4 is 78.6 Å². The Balaban J connectivity index is 1.41. The van der Waals surface area contributed by atoms with Crippen molar-refractivity contribution in [3.05, 3.63) is 115 Å². The third kappa shape index (κ3) is 2.26. The topological polar surface area (TPSA) is 30.5 Å². The highest BCUT2D eigenvalue weighted by molar-refractivity contribution is 6.90. The van der Waals surface area contributed by atoms with Crippen LogP contribution in [-0.2, 0) is 0 Å². The molecule has 0 bridgehead atoms. The van der Waals surface area contributed by atoms with Gasteiger partial charge in [-0.15, -0.1) is 0 Å². The van der Waals surface area contributed by atoms with Gasteiger partial charge in [-0.25, -0.2) is 0 Å². The van der Waals surface area contributed by atoms with Gasteiger partial charge >= 0.3 is 6.85 Å². The first-order valence-electron chi connectivity index (χ1n) is 14.1. The normalized spacial score (nSPS) is 14.0. The molecule has 0 radical (unpaired) electrons. The number of aromatic nitrogens is 1. The number of benzene rings is 6. The number of furan rings is 1. The van der Waals surface area contributed by atoms with Gasteiger partial charge in [0.05, 0.1) is 22.4 Å². The second-order valence-corrected chi connectivity index (χ2v) is 11.3. The van der Waals surface area contributed by atoms with Crippen molar-refractivity contribution in [2.45, 2.75) is 0 Å². The van der Waals surface area contributed by atoms with E-state index < -0.39 is 0 Å². The molecule has 4 nitrogen and oxygen atoms in total. The van der Waals surface area contributed by atoms with Crippen molar-refractivity contribution in [3.63, 3.8) is 0 Å². The Morgan fingerprint density at radius 1 is 0.610 bits per heavy atom. The lowest BCUT2D eigenvalue weighted by Crippen LogP contribution is -2.57. The van der Waals surface area contributed by atoms with E-state index in [0.29, 0.717) is 0 Å². The molecule has 3 aliphatic rings. The Morgan fingerprint density at radius 2 is 1.39 bits per heavy atom.